The second kappa shape index (κ2) is 14.9. The van der Waals surface area contributed by atoms with Crippen molar-refractivity contribution < 1.29 is 0 Å². The SMILES string of the molecule is Cc1cc2c(c3ccccc13)-c1c(cc(C)c3ccccc13)C2(c1cccc(N(c2ccccc2)c2ccccc2)c1)c1cccc(N(c2ccccc2)c2ccccc2)c1. The van der Waals surface area contributed by atoms with Gasteiger partial charge in [-0.05, 0) is 153 Å². The van der Waals surface area contributed by atoms with Crippen LogP contribution >= 0.6 is 0 Å². The second-order valence-electron chi connectivity index (χ2n) is 16.2. The highest BCUT2D eigenvalue weighted by Gasteiger charge is 2.48. The molecule has 2 nitrogen and oxygen atoms in total. The Morgan fingerprint density at radius 2 is 0.574 bits per heavy atom. The zero-order valence-corrected chi connectivity index (χ0v) is 34.3. The molecule has 0 N–H and O–H groups in total. The number of nitrogens with zero attached hydrogens (tertiary/aromatic N) is 2. The zero-order valence-electron chi connectivity index (χ0n) is 34.3. The third-order valence-corrected chi connectivity index (χ3v) is 12.7. The molecule has 0 heterocycles. The van der Waals surface area contributed by atoms with Crippen LogP contribution in [-0.4, -0.2) is 0 Å². The molecule has 0 aliphatic heterocycles. The van der Waals surface area contributed by atoms with Gasteiger partial charge in [-0.25, -0.2) is 0 Å². The van der Waals surface area contributed by atoms with Gasteiger partial charge in [-0.3, -0.25) is 0 Å². The number of fused-ring (bicyclic) bond motifs is 7. The van der Waals surface area contributed by atoms with E-state index in [1.165, 1.54) is 66.1 Å². The summed E-state index contributed by atoms with van der Waals surface area (Å²) < 4.78 is 0. The molecule has 0 radical (unpaired) electrons. The minimum absolute atomic E-state index is 0.696. The largest absolute Gasteiger partial charge is 0.310 e. The Kier molecular flexibility index (Phi) is 8.86. The summed E-state index contributed by atoms with van der Waals surface area (Å²) >= 11 is 0. The van der Waals surface area contributed by atoms with Crippen LogP contribution in [0, 0.1) is 13.8 Å². The van der Waals surface area contributed by atoms with E-state index in [9.17, 15) is 0 Å². The Hall–Kier alpha value is -7.68. The van der Waals surface area contributed by atoms with E-state index in [-0.39, 0.29) is 0 Å². The van der Waals surface area contributed by atoms with Crippen molar-refractivity contribution in [1.29, 1.82) is 0 Å². The first-order valence-electron chi connectivity index (χ1n) is 21.2. The lowest BCUT2D eigenvalue weighted by Crippen LogP contribution is -2.29. The molecular formula is C59H44N2. The third-order valence-electron chi connectivity index (χ3n) is 12.7. The number of hydrogen-bond acceptors (Lipinski definition) is 2. The van der Waals surface area contributed by atoms with Crippen molar-refractivity contribution in [2.75, 3.05) is 9.80 Å². The number of anilines is 6. The predicted molar refractivity (Wildman–Crippen MR) is 258 cm³/mol. The molecule has 0 saturated heterocycles. The van der Waals surface area contributed by atoms with Crippen LogP contribution in [0.3, 0.4) is 0 Å². The van der Waals surface area contributed by atoms with Crippen LogP contribution in [0.1, 0.15) is 33.4 Å². The fourth-order valence-corrected chi connectivity index (χ4v) is 10.1. The zero-order chi connectivity index (χ0) is 40.9. The highest BCUT2D eigenvalue weighted by molar-refractivity contribution is 6.13. The maximum Gasteiger partial charge on any atom is 0.0715 e. The van der Waals surface area contributed by atoms with E-state index < -0.39 is 5.41 Å². The Labute approximate surface area is 358 Å². The van der Waals surface area contributed by atoms with Gasteiger partial charge in [0.25, 0.3) is 0 Å². The van der Waals surface area contributed by atoms with Crippen LogP contribution in [0.5, 0.6) is 0 Å². The molecule has 10 aromatic carbocycles. The summed E-state index contributed by atoms with van der Waals surface area (Å²) in [6.45, 7) is 4.57. The van der Waals surface area contributed by atoms with Gasteiger partial charge in [0, 0.05) is 34.1 Å². The van der Waals surface area contributed by atoms with Gasteiger partial charge in [0.2, 0.25) is 0 Å². The molecule has 10 aromatic rings. The lowest BCUT2D eigenvalue weighted by atomic mass is 9.66. The molecule has 1 aliphatic carbocycles. The molecule has 290 valence electrons. The minimum atomic E-state index is -0.696. The van der Waals surface area contributed by atoms with E-state index in [4.69, 9.17) is 0 Å². The summed E-state index contributed by atoms with van der Waals surface area (Å²) in [6.07, 6.45) is 0. The highest BCUT2D eigenvalue weighted by Crippen LogP contribution is 2.61. The van der Waals surface area contributed by atoms with Gasteiger partial charge in [-0.2, -0.15) is 0 Å². The van der Waals surface area contributed by atoms with Gasteiger partial charge < -0.3 is 9.80 Å². The van der Waals surface area contributed by atoms with Gasteiger partial charge in [0.15, 0.2) is 0 Å². The topological polar surface area (TPSA) is 6.48 Å². The first kappa shape index (κ1) is 36.4. The highest BCUT2D eigenvalue weighted by atomic mass is 15.1. The maximum atomic E-state index is 2.50. The minimum Gasteiger partial charge on any atom is -0.310 e. The molecule has 11 rings (SSSR count). The predicted octanol–water partition coefficient (Wildman–Crippen LogP) is 15.9. The fraction of sp³-hybridized carbons (Fsp3) is 0.0508. The van der Waals surface area contributed by atoms with Gasteiger partial charge >= 0.3 is 0 Å². The molecular weight excluding hydrogens is 737 g/mol. The number of para-hydroxylation sites is 4. The number of aryl methyl sites for hydroxylation is 2. The summed E-state index contributed by atoms with van der Waals surface area (Å²) in [6, 6.07) is 84.6. The molecule has 0 amide bonds. The van der Waals surface area contributed by atoms with E-state index in [0.717, 1.165) is 34.1 Å². The molecule has 0 fully saturated rings. The van der Waals surface area contributed by atoms with Crippen LogP contribution in [0.15, 0.2) is 231 Å². The van der Waals surface area contributed by atoms with Gasteiger partial charge in [0.05, 0.1) is 5.41 Å². The maximum absolute atomic E-state index is 2.50. The average Bonchev–Trinajstić information content (AvgIpc) is 3.61. The molecule has 0 saturated carbocycles. The molecule has 0 bridgehead atoms. The van der Waals surface area contributed by atoms with Crippen molar-refractivity contribution in [3.05, 3.63) is 264 Å². The Morgan fingerprint density at radius 3 is 0.918 bits per heavy atom. The van der Waals surface area contributed by atoms with Gasteiger partial charge in [0.1, 0.15) is 0 Å². The second-order valence-corrected chi connectivity index (χ2v) is 16.2. The van der Waals surface area contributed by atoms with Crippen molar-refractivity contribution in [2.45, 2.75) is 19.3 Å². The molecule has 61 heavy (non-hydrogen) atoms. The number of benzene rings is 10. The average molecular weight is 781 g/mol. The van der Waals surface area contributed by atoms with Crippen LogP contribution in [0.4, 0.5) is 34.1 Å². The third kappa shape index (κ3) is 5.86. The van der Waals surface area contributed by atoms with Crippen molar-refractivity contribution >= 4 is 55.7 Å². The number of hydrogen-bond donors (Lipinski definition) is 0. The van der Waals surface area contributed by atoms with Crippen molar-refractivity contribution in [2.24, 2.45) is 0 Å². The van der Waals surface area contributed by atoms with Gasteiger partial charge in [-0.1, -0.05) is 158 Å². The normalized spacial score (nSPS) is 12.6. The Morgan fingerprint density at radius 1 is 0.279 bits per heavy atom. The molecule has 0 spiro atoms. The van der Waals surface area contributed by atoms with Crippen LogP contribution in [0.25, 0.3) is 32.7 Å². The first-order chi connectivity index (χ1) is 30.1. The van der Waals surface area contributed by atoms with E-state index >= 15 is 0 Å². The number of rotatable bonds is 8. The van der Waals surface area contributed by atoms with Crippen LogP contribution in [-0.2, 0) is 5.41 Å². The summed E-state index contributed by atoms with van der Waals surface area (Å²) in [5.41, 5.74) is 16.2. The fourth-order valence-electron chi connectivity index (χ4n) is 10.1. The molecule has 2 heteroatoms. The van der Waals surface area contributed by atoms with Crippen molar-refractivity contribution in [3.63, 3.8) is 0 Å². The Bertz CT molecular complexity index is 2910. The lowest BCUT2D eigenvalue weighted by molar-refractivity contribution is 0.768. The van der Waals surface area contributed by atoms with E-state index in [1.807, 2.05) is 0 Å². The van der Waals surface area contributed by atoms with E-state index in [0.29, 0.717) is 0 Å². The quantitative estimate of drug-likeness (QED) is 0.152. The summed E-state index contributed by atoms with van der Waals surface area (Å²) in [7, 11) is 0. The van der Waals surface area contributed by atoms with E-state index in [2.05, 4.69) is 254 Å². The van der Waals surface area contributed by atoms with Crippen LogP contribution < -0.4 is 9.80 Å². The first-order valence-corrected chi connectivity index (χ1v) is 21.2. The summed E-state index contributed by atoms with van der Waals surface area (Å²) in [5.74, 6) is 0. The lowest BCUT2D eigenvalue weighted by Gasteiger charge is -2.36. The van der Waals surface area contributed by atoms with E-state index in [1.54, 1.807) is 0 Å². The Balaban J connectivity index is 1.28. The standard InChI is InChI=1S/C59H44N2/c1-41-37-55-57(53-35-17-15-33-51(41)53)58-54-36-18-16-34-52(54)42(2)38-56(58)59(55,43-21-19-31-49(39-43)60(45-23-7-3-8-24-45)46-25-9-4-10-26-46)44-22-20-32-50(40-44)61(47-27-11-5-12-28-47)48-29-13-6-14-30-48/h3-40H,1-2H3. The summed E-state index contributed by atoms with van der Waals surface area (Å²) in [4.78, 5) is 4.77. The summed E-state index contributed by atoms with van der Waals surface area (Å²) in [5, 5.41) is 5.14. The molecule has 0 unspecified atom stereocenters. The molecule has 0 atom stereocenters. The van der Waals surface area contributed by atoms with Gasteiger partial charge in [-0.15, -0.1) is 0 Å². The monoisotopic (exact) mass is 780 g/mol. The van der Waals surface area contributed by atoms with Crippen molar-refractivity contribution in [1.82, 2.24) is 0 Å². The molecule has 1 aliphatic rings. The molecule has 0 aromatic heterocycles. The smallest absolute Gasteiger partial charge is 0.0715 e. The van der Waals surface area contributed by atoms with Crippen molar-refractivity contribution in [3.8, 4) is 11.1 Å². The van der Waals surface area contributed by atoms with Crippen LogP contribution in [0.2, 0.25) is 0 Å².